The maximum Gasteiger partial charge on any atom is 0.157 e. The summed E-state index contributed by atoms with van der Waals surface area (Å²) in [6.07, 6.45) is 1.10. The molecule has 1 atom stereocenters. The largest absolute Gasteiger partial charge is 0.352 e. The number of hydrogen-bond donors (Lipinski definition) is 1. The van der Waals surface area contributed by atoms with Crippen molar-refractivity contribution in [3.8, 4) is 0 Å². The highest BCUT2D eigenvalue weighted by Crippen LogP contribution is 2.32. The van der Waals surface area contributed by atoms with Crippen LogP contribution in [0.15, 0.2) is 29.6 Å². The Kier molecular flexibility index (Phi) is 4.36. The number of hydrogen-bond acceptors (Lipinski definition) is 4. The molecule has 0 spiro atoms. The van der Waals surface area contributed by atoms with E-state index in [9.17, 15) is 4.39 Å². The molecule has 1 aromatic heterocycles. The van der Waals surface area contributed by atoms with Crippen LogP contribution in [0.4, 0.5) is 15.8 Å². The van der Waals surface area contributed by atoms with E-state index in [-0.39, 0.29) is 12.1 Å². The molecule has 0 radical (unpaired) electrons. The predicted octanol–water partition coefficient (Wildman–Crippen LogP) is 3.91. The molecule has 1 aliphatic heterocycles. The fraction of sp³-hybridized carbons (Fsp3) is 0.412. The maximum absolute atomic E-state index is 13.5. The van der Waals surface area contributed by atoms with E-state index in [1.807, 2.05) is 13.0 Å². The number of aryl methyl sites for hydroxylation is 2. The van der Waals surface area contributed by atoms with Gasteiger partial charge in [0.1, 0.15) is 5.82 Å². The maximum atomic E-state index is 13.5. The number of rotatable bonds is 4. The molecule has 118 valence electrons. The second-order valence-corrected chi connectivity index (χ2v) is 6.73. The topological polar surface area (TPSA) is 18.5 Å². The second-order valence-electron chi connectivity index (χ2n) is 5.73. The molecule has 0 aliphatic carbocycles. The highest BCUT2D eigenvalue weighted by Gasteiger charge is 2.31. The summed E-state index contributed by atoms with van der Waals surface area (Å²) in [5.41, 5.74) is 3.21. The van der Waals surface area contributed by atoms with Crippen LogP contribution in [0.2, 0.25) is 0 Å². The van der Waals surface area contributed by atoms with E-state index in [2.05, 4.69) is 40.5 Å². The molecule has 0 amide bonds. The van der Waals surface area contributed by atoms with E-state index in [4.69, 9.17) is 0 Å². The number of likely N-dealkylation sites (N-methyl/N-ethyl adjacent to an activating group) is 1. The molecule has 2 aromatic rings. The lowest BCUT2D eigenvalue weighted by atomic mass is 10.2. The third-order valence-electron chi connectivity index (χ3n) is 4.24. The van der Waals surface area contributed by atoms with Gasteiger partial charge in [0.15, 0.2) is 6.29 Å². The Morgan fingerprint density at radius 1 is 1.32 bits per heavy atom. The summed E-state index contributed by atoms with van der Waals surface area (Å²) in [6, 6.07) is 7.09. The van der Waals surface area contributed by atoms with Crippen molar-refractivity contribution in [1.82, 2.24) is 4.90 Å². The molecular weight excluding hydrogens is 297 g/mol. The Morgan fingerprint density at radius 2 is 2.14 bits per heavy atom. The first-order valence-electron chi connectivity index (χ1n) is 7.66. The van der Waals surface area contributed by atoms with Crippen LogP contribution in [-0.4, -0.2) is 31.3 Å². The van der Waals surface area contributed by atoms with Crippen molar-refractivity contribution in [3.63, 3.8) is 0 Å². The van der Waals surface area contributed by atoms with Gasteiger partial charge in [0.2, 0.25) is 0 Å². The minimum Gasteiger partial charge on any atom is -0.352 e. The zero-order chi connectivity index (χ0) is 15.7. The van der Waals surface area contributed by atoms with Crippen molar-refractivity contribution in [3.05, 3.63) is 45.9 Å². The molecule has 3 nitrogen and oxygen atoms in total. The summed E-state index contributed by atoms with van der Waals surface area (Å²) in [4.78, 5) is 6.04. The molecule has 3 rings (SSSR count). The Labute approximate surface area is 135 Å². The van der Waals surface area contributed by atoms with Gasteiger partial charge in [-0.25, -0.2) is 4.39 Å². The third kappa shape index (κ3) is 2.83. The van der Waals surface area contributed by atoms with E-state index in [1.165, 1.54) is 16.6 Å². The molecule has 22 heavy (non-hydrogen) atoms. The highest BCUT2D eigenvalue weighted by molar-refractivity contribution is 7.10. The van der Waals surface area contributed by atoms with Gasteiger partial charge in [-0.3, -0.25) is 4.90 Å². The van der Waals surface area contributed by atoms with Gasteiger partial charge in [-0.05, 0) is 49.5 Å². The SMILES string of the molecule is CCc1sccc1N1CCN(C)C1Nc1cc(F)ccc1C. The summed E-state index contributed by atoms with van der Waals surface area (Å²) < 4.78 is 13.5. The lowest BCUT2D eigenvalue weighted by Gasteiger charge is -2.31. The van der Waals surface area contributed by atoms with Gasteiger partial charge in [0.25, 0.3) is 0 Å². The average molecular weight is 319 g/mol. The van der Waals surface area contributed by atoms with Crippen molar-refractivity contribution in [1.29, 1.82) is 0 Å². The Balaban J connectivity index is 1.88. The smallest absolute Gasteiger partial charge is 0.157 e. The molecule has 1 fully saturated rings. The van der Waals surface area contributed by atoms with Gasteiger partial charge in [-0.15, -0.1) is 11.3 Å². The number of thiophene rings is 1. The second kappa shape index (κ2) is 6.26. The lowest BCUT2D eigenvalue weighted by Crippen LogP contribution is -2.43. The molecule has 0 saturated carbocycles. The van der Waals surface area contributed by atoms with Gasteiger partial charge in [-0.2, -0.15) is 0 Å². The third-order valence-corrected chi connectivity index (χ3v) is 5.30. The molecule has 2 heterocycles. The van der Waals surface area contributed by atoms with Crippen LogP contribution in [-0.2, 0) is 6.42 Å². The van der Waals surface area contributed by atoms with Crippen LogP contribution < -0.4 is 10.2 Å². The fourth-order valence-electron chi connectivity index (χ4n) is 2.93. The summed E-state index contributed by atoms with van der Waals surface area (Å²) in [6.45, 7) is 6.16. The number of nitrogens with zero attached hydrogens (tertiary/aromatic N) is 2. The monoisotopic (exact) mass is 319 g/mol. The van der Waals surface area contributed by atoms with Crippen molar-refractivity contribution in [2.45, 2.75) is 26.6 Å². The van der Waals surface area contributed by atoms with E-state index in [0.717, 1.165) is 30.8 Å². The van der Waals surface area contributed by atoms with E-state index in [0.29, 0.717) is 0 Å². The minimum absolute atomic E-state index is 0.0559. The van der Waals surface area contributed by atoms with Crippen LogP contribution in [0, 0.1) is 12.7 Å². The molecule has 1 aliphatic rings. The summed E-state index contributed by atoms with van der Waals surface area (Å²) >= 11 is 1.80. The van der Waals surface area contributed by atoms with E-state index >= 15 is 0 Å². The van der Waals surface area contributed by atoms with Crippen LogP contribution >= 0.6 is 11.3 Å². The Morgan fingerprint density at radius 3 is 2.91 bits per heavy atom. The van der Waals surface area contributed by atoms with Gasteiger partial charge >= 0.3 is 0 Å². The standard InChI is InChI=1S/C17H22FN3S/c1-4-16-15(7-10-22-16)21-9-8-20(3)17(21)19-14-11-13(18)6-5-12(14)2/h5-7,10-11,17,19H,4,8-9H2,1-3H3. The molecule has 1 N–H and O–H groups in total. The predicted molar refractivity (Wildman–Crippen MR) is 92.2 cm³/mol. The van der Waals surface area contributed by atoms with Crippen LogP contribution in [0.25, 0.3) is 0 Å². The first kappa shape index (κ1) is 15.3. The molecule has 1 unspecified atom stereocenters. The number of benzene rings is 1. The van der Waals surface area contributed by atoms with Crippen LogP contribution in [0.5, 0.6) is 0 Å². The molecule has 0 bridgehead atoms. The van der Waals surface area contributed by atoms with Crippen molar-refractivity contribution >= 4 is 22.7 Å². The number of halogens is 1. The summed E-state index contributed by atoms with van der Waals surface area (Å²) in [5.74, 6) is -0.204. The van der Waals surface area contributed by atoms with Crippen molar-refractivity contribution in [2.75, 3.05) is 30.4 Å². The summed E-state index contributed by atoms with van der Waals surface area (Å²) in [7, 11) is 2.10. The van der Waals surface area contributed by atoms with Crippen LogP contribution in [0.3, 0.4) is 0 Å². The fourth-order valence-corrected chi connectivity index (χ4v) is 3.77. The normalized spacial score (nSPS) is 18.9. The molecular formula is C17H22FN3S. The molecule has 1 aromatic carbocycles. The van der Waals surface area contributed by atoms with Crippen molar-refractivity contribution in [2.24, 2.45) is 0 Å². The molecule has 5 heteroatoms. The lowest BCUT2D eigenvalue weighted by molar-refractivity contribution is 0.339. The zero-order valence-electron chi connectivity index (χ0n) is 13.3. The van der Waals surface area contributed by atoms with Gasteiger partial charge in [0, 0.05) is 23.7 Å². The highest BCUT2D eigenvalue weighted by atomic mass is 32.1. The average Bonchev–Trinajstić information content (AvgIpc) is 3.10. The van der Waals surface area contributed by atoms with Crippen LogP contribution in [0.1, 0.15) is 17.4 Å². The first-order chi connectivity index (χ1) is 10.6. The van der Waals surface area contributed by atoms with Crippen molar-refractivity contribution < 1.29 is 4.39 Å². The minimum atomic E-state index is -0.204. The first-order valence-corrected chi connectivity index (χ1v) is 8.54. The van der Waals surface area contributed by atoms with Gasteiger partial charge < -0.3 is 10.2 Å². The van der Waals surface area contributed by atoms with E-state index in [1.54, 1.807) is 17.4 Å². The van der Waals surface area contributed by atoms with Gasteiger partial charge in [-0.1, -0.05) is 13.0 Å². The number of nitrogens with one attached hydrogen (secondary N) is 1. The van der Waals surface area contributed by atoms with E-state index < -0.39 is 0 Å². The Hall–Kier alpha value is -1.59. The summed E-state index contributed by atoms with van der Waals surface area (Å²) in [5, 5.41) is 5.66. The Bertz CT molecular complexity index is 655. The van der Waals surface area contributed by atoms with Gasteiger partial charge in [0.05, 0.1) is 5.69 Å². The zero-order valence-corrected chi connectivity index (χ0v) is 14.1. The molecule has 1 saturated heterocycles. The number of anilines is 2. The quantitative estimate of drug-likeness (QED) is 0.922.